The first-order valence-corrected chi connectivity index (χ1v) is 6.25. The quantitative estimate of drug-likeness (QED) is 0.633. The molecule has 1 heterocycles. The van der Waals surface area contributed by atoms with Crippen LogP contribution in [-0.2, 0) is 7.05 Å². The highest BCUT2D eigenvalue weighted by Crippen LogP contribution is 2.23. The number of benzene rings is 1. The van der Waals surface area contributed by atoms with Crippen LogP contribution in [-0.4, -0.2) is 31.2 Å². The molecule has 2 aromatic rings. The van der Waals surface area contributed by atoms with E-state index in [4.69, 9.17) is 0 Å². The van der Waals surface area contributed by atoms with Crippen LogP contribution in [0.3, 0.4) is 0 Å². The van der Waals surface area contributed by atoms with Crippen molar-refractivity contribution in [1.82, 2.24) is 20.2 Å². The van der Waals surface area contributed by atoms with Gasteiger partial charge in [-0.05, 0) is 35.5 Å². The van der Waals surface area contributed by atoms with Crippen LogP contribution in [0.25, 0.3) is 0 Å². The van der Waals surface area contributed by atoms with Crippen molar-refractivity contribution in [3.05, 3.63) is 35.4 Å². The third-order valence-corrected chi connectivity index (χ3v) is 3.56. The number of carbonyl (C=O) groups excluding carboxylic acids is 1. The monoisotopic (exact) mass is 284 g/mol. The predicted molar refractivity (Wildman–Crippen MR) is 64.8 cm³/mol. The summed E-state index contributed by atoms with van der Waals surface area (Å²) in [5, 5.41) is 10.8. The average Bonchev–Trinajstić information content (AvgIpc) is 2.77. The van der Waals surface area contributed by atoms with Gasteiger partial charge < -0.3 is 0 Å². The molecule has 0 aliphatic carbocycles. The summed E-state index contributed by atoms with van der Waals surface area (Å²) in [5.74, 6) is -2.33. The fourth-order valence-corrected chi connectivity index (χ4v) is 2.25. The third kappa shape index (κ3) is 2.95. The Labute approximate surface area is 112 Å². The van der Waals surface area contributed by atoms with E-state index in [1.165, 1.54) is 10.7 Å². The highest BCUT2D eigenvalue weighted by atomic mass is 32.2. The topological polar surface area (TPSA) is 60.7 Å². The number of hydrogen-bond acceptors (Lipinski definition) is 5. The van der Waals surface area contributed by atoms with E-state index >= 15 is 0 Å². The first kappa shape index (κ1) is 13.6. The van der Waals surface area contributed by atoms with E-state index in [0.29, 0.717) is 5.16 Å². The molecule has 19 heavy (non-hydrogen) atoms. The number of thioether (sulfide) groups is 1. The van der Waals surface area contributed by atoms with Crippen molar-refractivity contribution in [1.29, 1.82) is 0 Å². The van der Waals surface area contributed by atoms with Crippen LogP contribution >= 0.6 is 11.8 Å². The number of nitrogens with zero attached hydrogens (tertiary/aromatic N) is 4. The van der Waals surface area contributed by atoms with Gasteiger partial charge in [-0.1, -0.05) is 11.8 Å². The van der Waals surface area contributed by atoms with Gasteiger partial charge in [-0.15, -0.1) is 5.10 Å². The zero-order valence-electron chi connectivity index (χ0n) is 10.2. The molecule has 8 heteroatoms. The highest BCUT2D eigenvalue weighted by Gasteiger charge is 2.20. The van der Waals surface area contributed by atoms with Crippen molar-refractivity contribution >= 4 is 17.5 Å². The Bertz CT molecular complexity index is 616. The molecule has 0 N–H and O–H groups in total. The van der Waals surface area contributed by atoms with Crippen LogP contribution in [0.15, 0.2) is 23.4 Å². The summed E-state index contributed by atoms with van der Waals surface area (Å²) in [6.45, 7) is 1.66. The number of ketones is 1. The normalized spacial score (nSPS) is 12.4. The summed E-state index contributed by atoms with van der Waals surface area (Å²) in [6, 6.07) is 3.08. The second kappa shape index (κ2) is 5.43. The Balaban J connectivity index is 2.15. The van der Waals surface area contributed by atoms with E-state index in [1.54, 1.807) is 14.0 Å². The highest BCUT2D eigenvalue weighted by molar-refractivity contribution is 8.00. The molecule has 5 nitrogen and oxygen atoms in total. The van der Waals surface area contributed by atoms with Crippen molar-refractivity contribution in [3.63, 3.8) is 0 Å². The number of aryl methyl sites for hydroxylation is 1. The van der Waals surface area contributed by atoms with Gasteiger partial charge in [-0.3, -0.25) is 4.79 Å². The van der Waals surface area contributed by atoms with E-state index < -0.39 is 16.9 Å². The minimum absolute atomic E-state index is 0.119. The molecular weight excluding hydrogens is 274 g/mol. The maximum Gasteiger partial charge on any atom is 0.209 e. The maximum atomic E-state index is 13.1. The van der Waals surface area contributed by atoms with Gasteiger partial charge in [0.15, 0.2) is 17.4 Å². The van der Waals surface area contributed by atoms with E-state index in [9.17, 15) is 13.6 Å². The molecule has 0 bridgehead atoms. The predicted octanol–water partition coefficient (Wildman–Crippen LogP) is 1.85. The summed E-state index contributed by atoms with van der Waals surface area (Å²) >= 11 is 1.15. The molecule has 0 aliphatic heterocycles. The summed E-state index contributed by atoms with van der Waals surface area (Å²) in [4.78, 5) is 12.1. The summed E-state index contributed by atoms with van der Waals surface area (Å²) in [5.41, 5.74) is 0.119. The molecule has 1 aromatic heterocycles. The van der Waals surface area contributed by atoms with E-state index in [1.807, 2.05) is 0 Å². The molecule has 0 saturated carbocycles. The van der Waals surface area contributed by atoms with Crippen LogP contribution in [0.2, 0.25) is 0 Å². The zero-order valence-corrected chi connectivity index (χ0v) is 11.0. The van der Waals surface area contributed by atoms with Gasteiger partial charge in [0.05, 0.1) is 5.25 Å². The van der Waals surface area contributed by atoms with Crippen molar-refractivity contribution in [2.75, 3.05) is 0 Å². The van der Waals surface area contributed by atoms with Crippen LogP contribution < -0.4 is 0 Å². The second-order valence-electron chi connectivity index (χ2n) is 3.84. The number of halogens is 2. The van der Waals surface area contributed by atoms with Gasteiger partial charge in [0.25, 0.3) is 0 Å². The molecule has 0 aliphatic rings. The van der Waals surface area contributed by atoms with Gasteiger partial charge >= 0.3 is 0 Å². The lowest BCUT2D eigenvalue weighted by Gasteiger charge is -2.09. The van der Waals surface area contributed by atoms with Crippen LogP contribution in [0.5, 0.6) is 0 Å². The zero-order chi connectivity index (χ0) is 14.0. The molecule has 0 radical (unpaired) electrons. The minimum atomic E-state index is -1.04. The average molecular weight is 284 g/mol. The Morgan fingerprint density at radius 3 is 2.68 bits per heavy atom. The minimum Gasteiger partial charge on any atom is -0.293 e. The standard InChI is InChI=1S/C11H10F2N4OS/c1-6(19-11-14-15-16-17(11)2)10(18)7-3-4-8(12)9(13)5-7/h3-6H,1-2H3/t6-/m0/s1. The first-order valence-electron chi connectivity index (χ1n) is 5.37. The second-order valence-corrected chi connectivity index (χ2v) is 5.15. The van der Waals surface area contributed by atoms with E-state index in [2.05, 4.69) is 15.5 Å². The lowest BCUT2D eigenvalue weighted by Crippen LogP contribution is -2.15. The van der Waals surface area contributed by atoms with Crippen LogP contribution in [0.4, 0.5) is 8.78 Å². The van der Waals surface area contributed by atoms with Gasteiger partial charge in [0.1, 0.15) is 0 Å². The molecule has 0 saturated heterocycles. The molecule has 2 rings (SSSR count). The Hall–Kier alpha value is -1.83. The van der Waals surface area contributed by atoms with E-state index in [-0.39, 0.29) is 11.3 Å². The number of hydrogen-bond donors (Lipinski definition) is 0. The Kier molecular flexibility index (Phi) is 3.89. The fourth-order valence-electron chi connectivity index (χ4n) is 1.42. The van der Waals surface area contributed by atoms with Crippen molar-refractivity contribution in [3.8, 4) is 0 Å². The Morgan fingerprint density at radius 2 is 2.11 bits per heavy atom. The largest absolute Gasteiger partial charge is 0.293 e. The molecule has 0 fully saturated rings. The molecule has 1 atom stereocenters. The van der Waals surface area contributed by atoms with Gasteiger partial charge in [-0.2, -0.15) is 0 Å². The lowest BCUT2D eigenvalue weighted by molar-refractivity contribution is 0.0993. The number of aromatic nitrogens is 4. The lowest BCUT2D eigenvalue weighted by atomic mass is 10.1. The molecule has 0 spiro atoms. The molecule has 0 unspecified atom stereocenters. The number of Topliss-reactive ketones (excluding diaryl/α,β-unsaturated/α-hetero) is 1. The summed E-state index contributed by atoms with van der Waals surface area (Å²) in [7, 11) is 1.65. The Morgan fingerprint density at radius 1 is 1.37 bits per heavy atom. The maximum absolute atomic E-state index is 13.1. The number of tetrazole rings is 1. The SMILES string of the molecule is C[C@H](Sc1nnnn1C)C(=O)c1ccc(F)c(F)c1. The third-order valence-electron chi connectivity index (χ3n) is 2.44. The van der Waals surface area contributed by atoms with Crippen LogP contribution in [0, 0.1) is 11.6 Å². The first-order chi connectivity index (χ1) is 8.99. The molecule has 100 valence electrons. The fraction of sp³-hybridized carbons (Fsp3) is 0.273. The van der Waals surface area contributed by atoms with Crippen molar-refractivity contribution in [2.24, 2.45) is 7.05 Å². The van der Waals surface area contributed by atoms with Gasteiger partial charge in [-0.25, -0.2) is 13.5 Å². The summed E-state index contributed by atoms with van der Waals surface area (Å²) in [6.07, 6.45) is 0. The van der Waals surface area contributed by atoms with Gasteiger partial charge in [0.2, 0.25) is 5.16 Å². The number of rotatable bonds is 4. The van der Waals surface area contributed by atoms with Crippen molar-refractivity contribution < 1.29 is 13.6 Å². The molecule has 1 aromatic carbocycles. The molecular formula is C11H10F2N4OS. The van der Waals surface area contributed by atoms with Crippen molar-refractivity contribution in [2.45, 2.75) is 17.3 Å². The smallest absolute Gasteiger partial charge is 0.209 e. The number of carbonyl (C=O) groups is 1. The van der Waals surface area contributed by atoms with Crippen LogP contribution in [0.1, 0.15) is 17.3 Å². The molecule has 0 amide bonds. The van der Waals surface area contributed by atoms with Gasteiger partial charge in [0, 0.05) is 12.6 Å². The summed E-state index contributed by atoms with van der Waals surface area (Å²) < 4.78 is 27.3. The van der Waals surface area contributed by atoms with E-state index in [0.717, 1.165) is 23.9 Å².